The van der Waals surface area contributed by atoms with Crippen LogP contribution in [0.15, 0.2) is 0 Å². The number of carbonyl (C=O) groups excluding carboxylic acids is 1. The minimum Gasteiger partial charge on any atom is -0.420 e. The number of halogens is 5. The second-order valence-corrected chi connectivity index (χ2v) is 6.37. The molecule has 10 heteroatoms. The summed E-state index contributed by atoms with van der Waals surface area (Å²) in [6.07, 6.45) is 5.37. The summed E-state index contributed by atoms with van der Waals surface area (Å²) >= 11 is 0. The number of ether oxygens (including phenoxy) is 4. The fraction of sp³-hybridized carbons (Fsp3) is 0.650. The molecular weight excluding hydrogens is 415 g/mol. The van der Waals surface area contributed by atoms with Crippen LogP contribution in [0.3, 0.4) is 0 Å². The molecule has 0 aliphatic carbocycles. The Hall–Kier alpha value is -1.78. The summed E-state index contributed by atoms with van der Waals surface area (Å²) in [5, 5.41) is 0. The molecule has 0 bridgehead atoms. The lowest BCUT2D eigenvalue weighted by atomic mass is 10.2. The van der Waals surface area contributed by atoms with Crippen LogP contribution in [0.25, 0.3) is 0 Å². The van der Waals surface area contributed by atoms with E-state index < -0.39 is 47.2 Å². The zero-order chi connectivity index (χ0) is 22.4. The molecule has 0 spiro atoms. The van der Waals surface area contributed by atoms with Gasteiger partial charge in [0.2, 0.25) is 34.8 Å². The summed E-state index contributed by atoms with van der Waals surface area (Å²) in [6.45, 7) is 3.91. The molecule has 0 N–H and O–H groups in total. The van der Waals surface area contributed by atoms with Crippen molar-refractivity contribution in [1.29, 1.82) is 0 Å². The highest BCUT2D eigenvalue weighted by Gasteiger charge is 2.28. The number of esters is 1. The van der Waals surface area contributed by atoms with Crippen molar-refractivity contribution >= 4 is 5.97 Å². The van der Waals surface area contributed by atoms with E-state index in [0.29, 0.717) is 19.8 Å². The first-order chi connectivity index (χ1) is 14.4. The van der Waals surface area contributed by atoms with Crippen molar-refractivity contribution in [3.63, 3.8) is 0 Å². The molecule has 0 aliphatic heterocycles. The maximum atomic E-state index is 13.4. The molecule has 1 aromatic rings. The van der Waals surface area contributed by atoms with Crippen LogP contribution in [0, 0.1) is 29.1 Å². The topological polar surface area (TPSA) is 54.0 Å². The van der Waals surface area contributed by atoms with Gasteiger partial charge in [-0.1, -0.05) is 32.6 Å². The van der Waals surface area contributed by atoms with Gasteiger partial charge in [-0.25, -0.2) is 13.2 Å². The SMILES string of the molecule is CCCCCCCOCCOCCOCCC(=O)Oc1c(F)c(F)c(F)c(F)c1F. The summed E-state index contributed by atoms with van der Waals surface area (Å²) < 4.78 is 85.8. The third-order valence-corrected chi connectivity index (χ3v) is 3.97. The quantitative estimate of drug-likeness (QED) is 0.0928. The Balaban J connectivity index is 2.09. The van der Waals surface area contributed by atoms with Gasteiger partial charge in [0.05, 0.1) is 39.5 Å². The molecule has 0 aliphatic rings. The van der Waals surface area contributed by atoms with Crippen LogP contribution in [0.2, 0.25) is 0 Å². The first kappa shape index (κ1) is 26.3. The van der Waals surface area contributed by atoms with Crippen molar-refractivity contribution in [2.75, 3.05) is 39.6 Å². The summed E-state index contributed by atoms with van der Waals surface area (Å²) in [5.74, 6) is -14.0. The molecule has 0 saturated carbocycles. The van der Waals surface area contributed by atoms with E-state index in [0.717, 1.165) is 12.8 Å². The van der Waals surface area contributed by atoms with Gasteiger partial charge in [0.1, 0.15) is 0 Å². The third kappa shape index (κ3) is 9.36. The minimum absolute atomic E-state index is 0.146. The molecule has 0 atom stereocenters. The van der Waals surface area contributed by atoms with Crippen LogP contribution in [0.1, 0.15) is 45.4 Å². The van der Waals surface area contributed by atoms with Crippen LogP contribution < -0.4 is 4.74 Å². The number of unbranched alkanes of at least 4 members (excludes halogenated alkanes) is 4. The molecule has 1 aromatic carbocycles. The Morgan fingerprint density at radius 1 is 0.633 bits per heavy atom. The Labute approximate surface area is 172 Å². The standard InChI is InChI=1S/C20H27F5O5/c1-2-3-4-5-6-8-27-10-12-29-13-11-28-9-7-14(26)30-20-18(24)16(22)15(21)17(23)19(20)25/h2-13H2,1H3. The summed E-state index contributed by atoms with van der Waals surface area (Å²) in [7, 11) is 0. The van der Waals surface area contributed by atoms with Crippen molar-refractivity contribution in [3.8, 4) is 5.75 Å². The number of carbonyl (C=O) groups is 1. The zero-order valence-electron chi connectivity index (χ0n) is 16.9. The van der Waals surface area contributed by atoms with E-state index in [4.69, 9.17) is 14.2 Å². The Bertz CT molecular complexity index is 628. The second-order valence-electron chi connectivity index (χ2n) is 6.37. The van der Waals surface area contributed by atoms with Crippen molar-refractivity contribution in [2.45, 2.75) is 45.4 Å². The number of rotatable bonds is 16. The van der Waals surface area contributed by atoms with Crippen LogP contribution in [0.4, 0.5) is 22.0 Å². The largest absolute Gasteiger partial charge is 0.420 e. The maximum Gasteiger partial charge on any atom is 0.313 e. The van der Waals surface area contributed by atoms with E-state index in [1.807, 2.05) is 0 Å². The molecule has 0 unspecified atom stereocenters. The number of hydrogen-bond donors (Lipinski definition) is 0. The van der Waals surface area contributed by atoms with Gasteiger partial charge in [-0.3, -0.25) is 4.79 Å². The molecule has 172 valence electrons. The fourth-order valence-electron chi connectivity index (χ4n) is 2.34. The predicted octanol–water partition coefficient (Wildman–Crippen LogP) is 4.70. The predicted molar refractivity (Wildman–Crippen MR) is 97.7 cm³/mol. The van der Waals surface area contributed by atoms with E-state index in [9.17, 15) is 26.7 Å². The van der Waals surface area contributed by atoms with Gasteiger partial charge in [-0.2, -0.15) is 8.78 Å². The first-order valence-electron chi connectivity index (χ1n) is 9.85. The Morgan fingerprint density at radius 2 is 1.10 bits per heavy atom. The van der Waals surface area contributed by atoms with Crippen LogP contribution in [-0.2, 0) is 19.0 Å². The lowest BCUT2D eigenvalue weighted by molar-refractivity contribution is -0.136. The van der Waals surface area contributed by atoms with Gasteiger partial charge in [0.15, 0.2) is 0 Å². The molecule has 0 saturated heterocycles. The number of benzene rings is 1. The van der Waals surface area contributed by atoms with Crippen LogP contribution in [-0.4, -0.2) is 45.6 Å². The van der Waals surface area contributed by atoms with E-state index in [2.05, 4.69) is 11.7 Å². The summed E-state index contributed by atoms with van der Waals surface area (Å²) in [5.41, 5.74) is 0. The molecule has 0 radical (unpaired) electrons. The van der Waals surface area contributed by atoms with Crippen LogP contribution in [0.5, 0.6) is 5.75 Å². The first-order valence-corrected chi connectivity index (χ1v) is 9.85. The summed E-state index contributed by atoms with van der Waals surface area (Å²) in [6, 6.07) is 0. The maximum absolute atomic E-state index is 13.4. The third-order valence-electron chi connectivity index (χ3n) is 3.97. The normalized spacial score (nSPS) is 11.1. The molecule has 0 amide bonds. The van der Waals surface area contributed by atoms with Crippen LogP contribution >= 0.6 is 0 Å². The second kappa shape index (κ2) is 15.1. The average molecular weight is 442 g/mol. The molecule has 1 rings (SSSR count). The highest BCUT2D eigenvalue weighted by molar-refractivity contribution is 5.72. The minimum atomic E-state index is -2.33. The Kier molecular flexibility index (Phi) is 13.2. The molecular formula is C20H27F5O5. The lowest BCUT2D eigenvalue weighted by Gasteiger charge is -2.09. The lowest BCUT2D eigenvalue weighted by Crippen LogP contribution is -2.16. The van der Waals surface area contributed by atoms with Crippen molar-refractivity contribution < 1.29 is 45.7 Å². The molecule has 0 aromatic heterocycles. The van der Waals surface area contributed by atoms with Gasteiger partial charge in [0.25, 0.3) is 0 Å². The highest BCUT2D eigenvalue weighted by Crippen LogP contribution is 2.29. The molecule has 0 heterocycles. The van der Waals surface area contributed by atoms with E-state index in [-0.39, 0.29) is 19.8 Å². The van der Waals surface area contributed by atoms with Gasteiger partial charge in [0, 0.05) is 6.61 Å². The van der Waals surface area contributed by atoms with E-state index in [1.54, 1.807) is 0 Å². The van der Waals surface area contributed by atoms with Crippen molar-refractivity contribution in [3.05, 3.63) is 29.1 Å². The zero-order valence-corrected chi connectivity index (χ0v) is 16.9. The fourth-order valence-corrected chi connectivity index (χ4v) is 2.34. The Morgan fingerprint density at radius 3 is 1.67 bits per heavy atom. The van der Waals surface area contributed by atoms with Gasteiger partial charge >= 0.3 is 5.97 Å². The van der Waals surface area contributed by atoms with Gasteiger partial charge in [-0.05, 0) is 6.42 Å². The molecule has 30 heavy (non-hydrogen) atoms. The molecule has 0 fully saturated rings. The van der Waals surface area contributed by atoms with Gasteiger partial charge < -0.3 is 18.9 Å². The van der Waals surface area contributed by atoms with E-state index >= 15 is 0 Å². The number of hydrogen-bond acceptors (Lipinski definition) is 5. The highest BCUT2D eigenvalue weighted by atomic mass is 19.2. The van der Waals surface area contributed by atoms with Gasteiger partial charge in [-0.15, -0.1) is 0 Å². The molecule has 5 nitrogen and oxygen atoms in total. The van der Waals surface area contributed by atoms with Crippen molar-refractivity contribution in [1.82, 2.24) is 0 Å². The summed E-state index contributed by atoms with van der Waals surface area (Å²) in [4.78, 5) is 11.5. The average Bonchev–Trinajstić information content (AvgIpc) is 2.74. The van der Waals surface area contributed by atoms with Crippen molar-refractivity contribution in [2.24, 2.45) is 0 Å². The van der Waals surface area contributed by atoms with E-state index in [1.165, 1.54) is 19.3 Å². The monoisotopic (exact) mass is 442 g/mol. The smallest absolute Gasteiger partial charge is 0.313 e.